The molecule has 6 aliphatic heterocycles. The molecule has 72 heavy (non-hydrogen) atoms. The number of rotatable bonds is 9. The molecule has 6 heterocycles. The number of fused-ring (bicyclic) bond motifs is 2. The lowest BCUT2D eigenvalue weighted by molar-refractivity contribution is 0.959. The smallest absolute Gasteiger partial charge is 0.253 e. The molecule has 0 amide bonds. The Hall–Kier alpha value is -8.47. The van der Waals surface area contributed by atoms with Crippen LogP contribution in [0.2, 0.25) is 0 Å². The fourth-order valence-electron chi connectivity index (χ4n) is 13.8. The predicted octanol–water partition coefficient (Wildman–Crippen LogP) is 12.7. The van der Waals surface area contributed by atoms with E-state index in [1.807, 2.05) is 0 Å². The maximum absolute atomic E-state index is 2.57. The number of nitrogens with zero attached hydrogens (tertiary/aromatic N) is 4. The van der Waals surface area contributed by atoms with E-state index in [0.717, 1.165) is 25.7 Å². The highest BCUT2D eigenvalue weighted by molar-refractivity contribution is 7.04. The first-order chi connectivity index (χ1) is 35.6. The standard InChI is InChI=1S/C66H48B2N4/c1-3-41-27-33-47(34-28-41)71-55-21-10-17-51-52-18-11-22-56-64(52)68(63(51)55)66-59(71)39-42(4-2)40-60(66)72(56)48-37-31-44(32-38-48)26-25-43-29-35-46(36-30-43)70-54-20-9-16-50-49-15-8-19-53-61(49)67(62(50)54)65-57(23-12-24-58(65)70)69(53)45-13-6-5-7-14-45/h5-24,27-40H,3-4,25-26H2,1-2H3. The molecule has 4 nitrogen and oxygen atoms in total. The van der Waals surface area contributed by atoms with Gasteiger partial charge in [0.2, 0.25) is 0 Å². The van der Waals surface area contributed by atoms with Gasteiger partial charge >= 0.3 is 0 Å². The summed E-state index contributed by atoms with van der Waals surface area (Å²) in [6, 6.07) is 78.5. The van der Waals surface area contributed by atoms with Crippen LogP contribution in [0, 0.1) is 0 Å². The Morgan fingerprint density at radius 1 is 0.264 bits per heavy atom. The van der Waals surface area contributed by atoms with E-state index in [1.54, 1.807) is 0 Å². The average molecular weight is 919 g/mol. The quantitative estimate of drug-likeness (QED) is 0.134. The average Bonchev–Trinajstić information content (AvgIpc) is 3.97. The van der Waals surface area contributed by atoms with Crippen molar-refractivity contribution in [2.24, 2.45) is 0 Å². The van der Waals surface area contributed by atoms with Gasteiger partial charge in [0.1, 0.15) is 0 Å². The molecule has 0 unspecified atom stereocenters. The van der Waals surface area contributed by atoms with Crippen LogP contribution in [0.15, 0.2) is 206 Å². The normalized spacial score (nSPS) is 14.0. The van der Waals surface area contributed by atoms with Crippen LogP contribution in [0.4, 0.5) is 68.2 Å². The third kappa shape index (κ3) is 5.39. The van der Waals surface area contributed by atoms with Crippen molar-refractivity contribution in [1.29, 1.82) is 0 Å². The minimum atomic E-state index is 0.204. The van der Waals surface area contributed by atoms with Crippen molar-refractivity contribution in [2.75, 3.05) is 19.6 Å². The zero-order valence-electron chi connectivity index (χ0n) is 40.4. The Labute approximate surface area is 422 Å². The molecule has 16 rings (SSSR count). The number of aryl methyl sites for hydroxylation is 4. The van der Waals surface area contributed by atoms with Crippen molar-refractivity contribution in [3.63, 3.8) is 0 Å². The maximum atomic E-state index is 2.57. The zero-order chi connectivity index (χ0) is 47.3. The highest BCUT2D eigenvalue weighted by atomic mass is 15.2. The molecule has 0 saturated heterocycles. The van der Waals surface area contributed by atoms with Crippen LogP contribution in [0.3, 0.4) is 0 Å². The Bertz CT molecular complexity index is 3920. The first-order valence-corrected chi connectivity index (χ1v) is 26.0. The number of para-hydroxylation sites is 1. The van der Waals surface area contributed by atoms with E-state index in [9.17, 15) is 0 Å². The molecule has 0 N–H and O–H groups in total. The summed E-state index contributed by atoms with van der Waals surface area (Å²) < 4.78 is 0. The molecule has 6 aliphatic rings. The van der Waals surface area contributed by atoms with Crippen molar-refractivity contribution < 1.29 is 0 Å². The molecule has 0 fully saturated rings. The summed E-state index contributed by atoms with van der Waals surface area (Å²) in [5.74, 6) is 0. The number of benzene rings is 10. The van der Waals surface area contributed by atoms with E-state index in [-0.39, 0.29) is 13.4 Å². The van der Waals surface area contributed by atoms with Gasteiger partial charge in [0, 0.05) is 68.2 Å². The lowest BCUT2D eigenvalue weighted by atomic mass is 9.35. The minimum Gasteiger partial charge on any atom is -0.311 e. The van der Waals surface area contributed by atoms with Crippen LogP contribution in [0.5, 0.6) is 0 Å². The fourth-order valence-corrected chi connectivity index (χ4v) is 13.8. The van der Waals surface area contributed by atoms with Crippen LogP contribution < -0.4 is 52.4 Å². The van der Waals surface area contributed by atoms with Gasteiger partial charge in [-0.2, -0.15) is 0 Å². The largest absolute Gasteiger partial charge is 0.311 e. The molecule has 0 atom stereocenters. The van der Waals surface area contributed by atoms with Crippen LogP contribution in [0.1, 0.15) is 36.1 Å². The van der Waals surface area contributed by atoms with Gasteiger partial charge in [0.25, 0.3) is 13.4 Å². The van der Waals surface area contributed by atoms with Gasteiger partial charge in [0.15, 0.2) is 0 Å². The molecule has 338 valence electrons. The van der Waals surface area contributed by atoms with E-state index < -0.39 is 0 Å². The zero-order valence-corrected chi connectivity index (χ0v) is 40.4. The predicted molar refractivity (Wildman–Crippen MR) is 305 cm³/mol. The monoisotopic (exact) mass is 918 g/mol. The van der Waals surface area contributed by atoms with E-state index >= 15 is 0 Å². The first-order valence-electron chi connectivity index (χ1n) is 26.0. The van der Waals surface area contributed by atoms with Crippen molar-refractivity contribution >= 4 is 114 Å². The van der Waals surface area contributed by atoms with Gasteiger partial charge in [-0.05, 0) is 200 Å². The summed E-state index contributed by atoms with van der Waals surface area (Å²) in [4.78, 5) is 10.1. The molecule has 0 radical (unpaired) electrons. The second-order valence-corrected chi connectivity index (χ2v) is 20.5. The molecule has 0 saturated carbocycles. The molecule has 0 aromatic heterocycles. The van der Waals surface area contributed by atoms with Gasteiger partial charge < -0.3 is 19.6 Å². The molecule has 0 spiro atoms. The topological polar surface area (TPSA) is 13.0 Å². The molecule has 10 aromatic carbocycles. The Kier molecular flexibility index (Phi) is 8.40. The highest BCUT2D eigenvalue weighted by Gasteiger charge is 2.50. The van der Waals surface area contributed by atoms with Gasteiger partial charge in [-0.3, -0.25) is 0 Å². The van der Waals surface area contributed by atoms with E-state index in [0.29, 0.717) is 0 Å². The van der Waals surface area contributed by atoms with Crippen LogP contribution >= 0.6 is 0 Å². The number of anilines is 12. The van der Waals surface area contributed by atoms with Crippen LogP contribution in [-0.2, 0) is 25.7 Å². The van der Waals surface area contributed by atoms with Crippen molar-refractivity contribution in [2.45, 2.75) is 39.5 Å². The minimum absolute atomic E-state index is 0.204. The van der Waals surface area contributed by atoms with E-state index in [4.69, 9.17) is 0 Å². The van der Waals surface area contributed by atoms with Gasteiger partial charge in [0.05, 0.1) is 0 Å². The second kappa shape index (κ2) is 15.0. The van der Waals surface area contributed by atoms with Gasteiger partial charge in [-0.1, -0.05) is 123 Å². The third-order valence-electron chi connectivity index (χ3n) is 16.9. The highest BCUT2D eigenvalue weighted by Crippen LogP contribution is 2.50. The summed E-state index contributed by atoms with van der Waals surface area (Å²) in [5, 5.41) is 0. The van der Waals surface area contributed by atoms with Crippen LogP contribution in [0.25, 0.3) is 22.3 Å². The van der Waals surface area contributed by atoms with Crippen molar-refractivity contribution in [3.8, 4) is 22.3 Å². The molecule has 0 bridgehead atoms. The number of hydrogen-bond acceptors (Lipinski definition) is 4. The molecule has 0 aliphatic carbocycles. The lowest BCUT2D eigenvalue weighted by Crippen LogP contribution is -2.59. The van der Waals surface area contributed by atoms with E-state index in [2.05, 4.69) is 240 Å². The Morgan fingerprint density at radius 3 is 0.944 bits per heavy atom. The summed E-state index contributed by atoms with van der Waals surface area (Å²) >= 11 is 0. The Morgan fingerprint density at radius 2 is 0.569 bits per heavy atom. The lowest BCUT2D eigenvalue weighted by Gasteiger charge is -2.43. The molecular weight excluding hydrogens is 870 g/mol. The van der Waals surface area contributed by atoms with Crippen LogP contribution in [-0.4, -0.2) is 13.4 Å². The third-order valence-corrected chi connectivity index (χ3v) is 16.9. The first kappa shape index (κ1) is 40.3. The van der Waals surface area contributed by atoms with Crippen molar-refractivity contribution in [3.05, 3.63) is 229 Å². The summed E-state index contributed by atoms with van der Waals surface area (Å²) in [7, 11) is 0. The molecule has 10 aromatic rings. The SMILES string of the molecule is CCc1ccc(N2c3cccc4c3B3c5c-4cccc5N(c4ccc(CCc5ccc(N6c7cccc8c7B7c9c-8cccc9N(c8ccccc8)c8cccc6c87)cc5)cc4)c4cc(CC)cc2c43)cc1. The van der Waals surface area contributed by atoms with Gasteiger partial charge in [-0.25, -0.2) is 0 Å². The Balaban J connectivity index is 0.727. The second-order valence-electron chi connectivity index (χ2n) is 20.5. The molecule has 6 heteroatoms. The van der Waals surface area contributed by atoms with Gasteiger partial charge in [-0.15, -0.1) is 0 Å². The fraction of sp³-hybridized carbons (Fsp3) is 0.0909. The maximum Gasteiger partial charge on any atom is 0.253 e. The number of hydrogen-bond donors (Lipinski definition) is 0. The van der Waals surface area contributed by atoms with Crippen molar-refractivity contribution in [1.82, 2.24) is 0 Å². The molecular formula is C66H48B2N4. The summed E-state index contributed by atoms with van der Waals surface area (Å²) in [5.41, 5.74) is 34.5. The van der Waals surface area contributed by atoms with E-state index in [1.165, 1.54) is 146 Å². The summed E-state index contributed by atoms with van der Waals surface area (Å²) in [6.45, 7) is 4.94. The summed E-state index contributed by atoms with van der Waals surface area (Å²) in [6.07, 6.45) is 3.92.